The highest BCUT2D eigenvalue weighted by molar-refractivity contribution is 6.32. The Labute approximate surface area is 121 Å². The summed E-state index contributed by atoms with van der Waals surface area (Å²) in [5, 5.41) is 13.2. The molecule has 0 aromatic heterocycles. The van der Waals surface area contributed by atoms with Gasteiger partial charge in [0, 0.05) is 26.2 Å². The lowest BCUT2D eigenvalue weighted by molar-refractivity contribution is 0.0158. The van der Waals surface area contributed by atoms with E-state index in [-0.39, 0.29) is 22.1 Å². The second kappa shape index (κ2) is 6.56. The monoisotopic (exact) mass is 306 g/mol. The highest BCUT2D eigenvalue weighted by Crippen LogP contribution is 2.43. The zero-order chi connectivity index (χ0) is 14.7. The van der Waals surface area contributed by atoms with Crippen molar-refractivity contribution >= 4 is 11.6 Å². The number of halogens is 3. The Bertz CT molecular complexity index is 468. The maximum Gasteiger partial charge on any atom is 0.258 e. The molecule has 0 saturated carbocycles. The van der Waals surface area contributed by atoms with Crippen molar-refractivity contribution in [1.82, 2.24) is 10.2 Å². The molecule has 1 aliphatic heterocycles. The summed E-state index contributed by atoms with van der Waals surface area (Å²) in [6.07, 6.45) is -2.65. The zero-order valence-electron chi connectivity index (χ0n) is 11.1. The molecule has 1 saturated heterocycles. The highest BCUT2D eigenvalue weighted by Gasteiger charge is 2.35. The Morgan fingerprint density at radius 2 is 2.00 bits per heavy atom. The molecular formula is C13H17ClF2N2O2. The lowest BCUT2D eigenvalue weighted by Gasteiger charge is -2.35. The number of aromatic hydroxyl groups is 1. The van der Waals surface area contributed by atoms with Crippen LogP contribution < -0.4 is 10.1 Å². The van der Waals surface area contributed by atoms with E-state index in [1.807, 2.05) is 0 Å². The van der Waals surface area contributed by atoms with Gasteiger partial charge in [-0.1, -0.05) is 11.6 Å². The van der Waals surface area contributed by atoms with Gasteiger partial charge in [-0.05, 0) is 12.1 Å². The Morgan fingerprint density at radius 3 is 2.55 bits per heavy atom. The van der Waals surface area contributed by atoms with Crippen molar-refractivity contribution in [3.05, 3.63) is 22.7 Å². The summed E-state index contributed by atoms with van der Waals surface area (Å²) in [6, 6.07) is 1.69. The molecule has 1 aromatic carbocycles. The van der Waals surface area contributed by atoms with Crippen molar-refractivity contribution in [2.45, 2.75) is 12.5 Å². The number of ether oxygens (including phenoxy) is 1. The molecule has 0 unspecified atom stereocenters. The third kappa shape index (κ3) is 2.97. The number of hydrogen-bond donors (Lipinski definition) is 2. The van der Waals surface area contributed by atoms with E-state index in [0.717, 1.165) is 0 Å². The number of benzene rings is 1. The smallest absolute Gasteiger partial charge is 0.258 e. The minimum absolute atomic E-state index is 0.0431. The van der Waals surface area contributed by atoms with E-state index >= 15 is 0 Å². The summed E-state index contributed by atoms with van der Waals surface area (Å²) in [4.78, 5) is 1.63. The van der Waals surface area contributed by atoms with Gasteiger partial charge in [0.25, 0.3) is 6.43 Å². The summed E-state index contributed by atoms with van der Waals surface area (Å²) in [6.45, 7) is 2.22. The summed E-state index contributed by atoms with van der Waals surface area (Å²) < 4.78 is 32.2. The average molecular weight is 307 g/mol. The lowest BCUT2D eigenvalue weighted by atomic mass is 10.0. The van der Waals surface area contributed by atoms with Crippen LogP contribution in [0.25, 0.3) is 0 Å². The lowest BCUT2D eigenvalue weighted by Crippen LogP contribution is -2.47. The molecule has 2 rings (SSSR count). The highest BCUT2D eigenvalue weighted by atomic mass is 35.5. The normalized spacial score (nSPS) is 18.2. The summed E-state index contributed by atoms with van der Waals surface area (Å²) in [5.41, 5.74) is 0.0527. The molecule has 4 nitrogen and oxygen atoms in total. The summed E-state index contributed by atoms with van der Waals surface area (Å²) in [7, 11) is 1.38. The molecule has 0 bridgehead atoms. The molecule has 7 heteroatoms. The molecule has 112 valence electrons. The van der Waals surface area contributed by atoms with Crippen molar-refractivity contribution in [2.24, 2.45) is 0 Å². The van der Waals surface area contributed by atoms with Crippen LogP contribution in [0.2, 0.25) is 5.02 Å². The number of nitrogens with one attached hydrogen (secondary N) is 1. The van der Waals surface area contributed by atoms with E-state index in [4.69, 9.17) is 16.3 Å². The van der Waals surface area contributed by atoms with E-state index < -0.39 is 12.5 Å². The van der Waals surface area contributed by atoms with Gasteiger partial charge in [0.2, 0.25) is 0 Å². The van der Waals surface area contributed by atoms with E-state index in [0.29, 0.717) is 26.2 Å². The molecule has 0 radical (unpaired) electrons. The van der Waals surface area contributed by atoms with Gasteiger partial charge in [-0.25, -0.2) is 8.78 Å². The number of methoxy groups -OCH3 is 1. The van der Waals surface area contributed by atoms with Crippen LogP contribution in [0.5, 0.6) is 11.5 Å². The van der Waals surface area contributed by atoms with Gasteiger partial charge in [0.1, 0.15) is 17.5 Å². The third-order valence-electron chi connectivity index (χ3n) is 3.43. The van der Waals surface area contributed by atoms with Crippen LogP contribution in [0, 0.1) is 0 Å². The molecule has 1 fully saturated rings. The molecule has 20 heavy (non-hydrogen) atoms. The quantitative estimate of drug-likeness (QED) is 0.896. The predicted molar refractivity (Wildman–Crippen MR) is 72.9 cm³/mol. The average Bonchev–Trinajstić information content (AvgIpc) is 2.45. The van der Waals surface area contributed by atoms with Crippen LogP contribution in [-0.4, -0.2) is 49.7 Å². The first-order valence-corrected chi connectivity index (χ1v) is 6.72. The van der Waals surface area contributed by atoms with Crippen LogP contribution >= 0.6 is 11.6 Å². The molecule has 1 aromatic rings. The number of rotatable bonds is 4. The molecule has 1 atom stereocenters. The molecule has 0 amide bonds. The van der Waals surface area contributed by atoms with Crippen LogP contribution in [0.1, 0.15) is 11.6 Å². The number of piperazine rings is 1. The maximum atomic E-state index is 13.5. The maximum absolute atomic E-state index is 13.5. The largest absolute Gasteiger partial charge is 0.506 e. The second-order valence-corrected chi connectivity index (χ2v) is 4.98. The summed E-state index contributed by atoms with van der Waals surface area (Å²) >= 11 is 5.85. The van der Waals surface area contributed by atoms with Crippen LogP contribution in [-0.2, 0) is 0 Å². The fourth-order valence-electron chi connectivity index (χ4n) is 2.45. The molecule has 2 N–H and O–H groups in total. The van der Waals surface area contributed by atoms with Gasteiger partial charge in [-0.2, -0.15) is 0 Å². The number of alkyl halides is 2. The van der Waals surface area contributed by atoms with E-state index in [2.05, 4.69) is 5.32 Å². The topological polar surface area (TPSA) is 44.7 Å². The van der Waals surface area contributed by atoms with Crippen molar-refractivity contribution in [3.8, 4) is 11.5 Å². The molecule has 1 aliphatic rings. The number of hydrogen-bond acceptors (Lipinski definition) is 4. The zero-order valence-corrected chi connectivity index (χ0v) is 11.8. The van der Waals surface area contributed by atoms with Gasteiger partial charge in [-0.15, -0.1) is 0 Å². The van der Waals surface area contributed by atoms with Crippen LogP contribution in [0.3, 0.4) is 0 Å². The Kier molecular flexibility index (Phi) is 5.01. The number of phenolic OH excluding ortho intramolecular Hbond substituents is 1. The van der Waals surface area contributed by atoms with Crippen molar-refractivity contribution in [2.75, 3.05) is 33.3 Å². The predicted octanol–water partition coefficient (Wildman–Crippen LogP) is 2.27. The standard InChI is InChI=1S/C13H17ClF2N2O2/c1-20-9-3-2-8(14)12(19)10(9)11(13(15)16)18-6-4-17-5-7-18/h2-3,11,13,17,19H,4-7H2,1H3/t11-/m0/s1. The van der Waals surface area contributed by atoms with Gasteiger partial charge < -0.3 is 15.2 Å². The van der Waals surface area contributed by atoms with E-state index in [1.54, 1.807) is 4.90 Å². The van der Waals surface area contributed by atoms with E-state index in [9.17, 15) is 13.9 Å². The Hall–Kier alpha value is -1.11. The molecule has 0 spiro atoms. The SMILES string of the molecule is COc1ccc(Cl)c(O)c1[C@@H](C(F)F)N1CCNCC1. The molecule has 0 aliphatic carbocycles. The Morgan fingerprint density at radius 1 is 1.35 bits per heavy atom. The van der Waals surface area contributed by atoms with Gasteiger partial charge >= 0.3 is 0 Å². The Balaban J connectivity index is 2.45. The van der Waals surface area contributed by atoms with Crippen molar-refractivity contribution < 1.29 is 18.6 Å². The second-order valence-electron chi connectivity index (χ2n) is 4.58. The van der Waals surface area contributed by atoms with E-state index in [1.165, 1.54) is 19.2 Å². The number of phenols is 1. The fourth-order valence-corrected chi connectivity index (χ4v) is 2.62. The summed E-state index contributed by atoms with van der Waals surface area (Å²) in [5.74, 6) is -0.120. The van der Waals surface area contributed by atoms with Gasteiger partial charge in [0.05, 0.1) is 17.7 Å². The third-order valence-corrected chi connectivity index (χ3v) is 3.73. The number of nitrogens with zero attached hydrogens (tertiary/aromatic N) is 1. The van der Waals surface area contributed by atoms with Crippen LogP contribution in [0.15, 0.2) is 12.1 Å². The van der Waals surface area contributed by atoms with Crippen molar-refractivity contribution in [3.63, 3.8) is 0 Å². The molecular weight excluding hydrogens is 290 g/mol. The minimum atomic E-state index is -2.65. The van der Waals surface area contributed by atoms with Crippen molar-refractivity contribution in [1.29, 1.82) is 0 Å². The first-order chi connectivity index (χ1) is 9.56. The van der Waals surface area contributed by atoms with Gasteiger partial charge in [-0.3, -0.25) is 4.90 Å². The molecule has 1 heterocycles. The first kappa shape index (κ1) is 15.3. The first-order valence-electron chi connectivity index (χ1n) is 6.34. The van der Waals surface area contributed by atoms with Crippen LogP contribution in [0.4, 0.5) is 8.78 Å². The minimum Gasteiger partial charge on any atom is -0.506 e. The van der Waals surface area contributed by atoms with Gasteiger partial charge in [0.15, 0.2) is 0 Å². The fraction of sp³-hybridized carbons (Fsp3) is 0.538.